The van der Waals surface area contributed by atoms with Crippen molar-refractivity contribution in [2.45, 2.75) is 30.8 Å². The van der Waals surface area contributed by atoms with Crippen LogP contribution >= 0.6 is 0 Å². The molecule has 1 fully saturated rings. The van der Waals surface area contributed by atoms with E-state index < -0.39 is 10.0 Å². The van der Waals surface area contributed by atoms with E-state index >= 15 is 0 Å². The molecule has 0 aliphatic carbocycles. The van der Waals surface area contributed by atoms with Crippen LogP contribution in [0.2, 0.25) is 0 Å². The summed E-state index contributed by atoms with van der Waals surface area (Å²) in [4.78, 5) is 0.112. The van der Waals surface area contributed by atoms with Gasteiger partial charge in [-0.25, -0.2) is 13.1 Å². The Morgan fingerprint density at radius 3 is 2.67 bits per heavy atom. The van der Waals surface area contributed by atoms with Crippen molar-refractivity contribution >= 4 is 10.0 Å². The van der Waals surface area contributed by atoms with Gasteiger partial charge in [0, 0.05) is 18.7 Å². The number of hydrogen-bond donors (Lipinski definition) is 1. The Morgan fingerprint density at radius 1 is 1.33 bits per heavy atom. The summed E-state index contributed by atoms with van der Waals surface area (Å²) in [6.07, 6.45) is 1.80. The molecule has 6 nitrogen and oxygen atoms in total. The number of nitrogens with one attached hydrogen (secondary N) is 1. The average molecular weight is 315 g/mol. The molecule has 0 radical (unpaired) electrons. The number of methoxy groups -OCH3 is 2. The minimum Gasteiger partial charge on any atom is -0.496 e. The lowest BCUT2D eigenvalue weighted by molar-refractivity contribution is 0.114. The first-order valence-electron chi connectivity index (χ1n) is 6.82. The minimum absolute atomic E-state index is 0.0508. The van der Waals surface area contributed by atoms with Crippen molar-refractivity contribution in [3.05, 3.63) is 17.7 Å². The lowest BCUT2D eigenvalue weighted by atomic mass is 10.2. The molecule has 1 aliphatic rings. The quantitative estimate of drug-likeness (QED) is 0.860. The molecule has 0 spiro atoms. The van der Waals surface area contributed by atoms with Crippen LogP contribution in [0.3, 0.4) is 0 Å². The highest BCUT2D eigenvalue weighted by Gasteiger charge is 2.25. The normalized spacial score (nSPS) is 18.7. The SMILES string of the molecule is COc1ccc(S(=O)(=O)NCC2CCCO2)c(OC)c1C. The van der Waals surface area contributed by atoms with Crippen molar-refractivity contribution in [3.63, 3.8) is 0 Å². The molecule has 1 heterocycles. The van der Waals surface area contributed by atoms with Gasteiger partial charge in [0.05, 0.1) is 20.3 Å². The molecule has 1 unspecified atom stereocenters. The van der Waals surface area contributed by atoms with Crippen LogP contribution in [-0.4, -0.2) is 41.9 Å². The smallest absolute Gasteiger partial charge is 0.244 e. The lowest BCUT2D eigenvalue weighted by Gasteiger charge is -2.16. The number of hydrogen-bond acceptors (Lipinski definition) is 5. The Morgan fingerprint density at radius 2 is 2.10 bits per heavy atom. The van der Waals surface area contributed by atoms with Crippen LogP contribution in [0, 0.1) is 6.92 Å². The van der Waals surface area contributed by atoms with Crippen LogP contribution in [0.25, 0.3) is 0 Å². The molecule has 0 amide bonds. The monoisotopic (exact) mass is 315 g/mol. The first-order chi connectivity index (χ1) is 9.99. The molecular formula is C14H21NO5S. The Kier molecular flexibility index (Phi) is 5.08. The van der Waals surface area contributed by atoms with Gasteiger partial charge in [0.15, 0.2) is 0 Å². The summed E-state index contributed by atoms with van der Waals surface area (Å²) in [5.41, 5.74) is 0.653. The first-order valence-corrected chi connectivity index (χ1v) is 8.30. The molecule has 1 saturated heterocycles. The highest BCUT2D eigenvalue weighted by atomic mass is 32.2. The van der Waals surface area contributed by atoms with Gasteiger partial charge in [0.1, 0.15) is 16.4 Å². The van der Waals surface area contributed by atoms with E-state index in [1.807, 2.05) is 0 Å². The summed E-state index contributed by atoms with van der Waals surface area (Å²) in [5.74, 6) is 0.888. The summed E-state index contributed by atoms with van der Waals surface area (Å²) in [5, 5.41) is 0. The molecule has 2 rings (SSSR count). The molecule has 7 heteroatoms. The van der Waals surface area contributed by atoms with Crippen LogP contribution in [0.5, 0.6) is 11.5 Å². The maximum Gasteiger partial charge on any atom is 0.244 e. The summed E-state index contributed by atoms with van der Waals surface area (Å²) in [6, 6.07) is 3.11. The number of benzene rings is 1. The zero-order chi connectivity index (χ0) is 15.5. The number of ether oxygens (including phenoxy) is 3. The van der Waals surface area contributed by atoms with Crippen molar-refractivity contribution < 1.29 is 22.6 Å². The Bertz CT molecular complexity index is 594. The van der Waals surface area contributed by atoms with Crippen LogP contribution in [0.15, 0.2) is 17.0 Å². The molecule has 118 valence electrons. The van der Waals surface area contributed by atoms with Crippen molar-refractivity contribution in [1.82, 2.24) is 4.72 Å². The van der Waals surface area contributed by atoms with Gasteiger partial charge in [0.2, 0.25) is 10.0 Å². The van der Waals surface area contributed by atoms with Gasteiger partial charge < -0.3 is 14.2 Å². The lowest BCUT2D eigenvalue weighted by Crippen LogP contribution is -2.32. The maximum atomic E-state index is 12.4. The van der Waals surface area contributed by atoms with E-state index in [1.165, 1.54) is 20.3 Å². The summed E-state index contributed by atoms with van der Waals surface area (Å²) >= 11 is 0. The van der Waals surface area contributed by atoms with E-state index in [-0.39, 0.29) is 17.5 Å². The van der Waals surface area contributed by atoms with E-state index in [0.29, 0.717) is 23.7 Å². The molecule has 0 aromatic heterocycles. The molecule has 1 aromatic carbocycles. The fraction of sp³-hybridized carbons (Fsp3) is 0.571. The Hall–Kier alpha value is -1.31. The van der Waals surface area contributed by atoms with E-state index in [0.717, 1.165) is 12.8 Å². The predicted molar refractivity (Wildman–Crippen MR) is 78.4 cm³/mol. The molecule has 1 atom stereocenters. The standard InChI is InChI=1S/C14H21NO5S/c1-10-12(18-2)6-7-13(14(10)19-3)21(16,17)15-9-11-5-4-8-20-11/h6-7,11,15H,4-5,8-9H2,1-3H3. The third kappa shape index (κ3) is 3.48. The van der Waals surface area contributed by atoms with Crippen LogP contribution in [0.4, 0.5) is 0 Å². The molecule has 21 heavy (non-hydrogen) atoms. The number of rotatable bonds is 6. The van der Waals surface area contributed by atoms with E-state index in [2.05, 4.69) is 4.72 Å². The summed E-state index contributed by atoms with van der Waals surface area (Å²) < 4.78 is 43.3. The van der Waals surface area contributed by atoms with E-state index in [1.54, 1.807) is 13.0 Å². The molecular weight excluding hydrogens is 294 g/mol. The minimum atomic E-state index is -3.65. The molecule has 0 saturated carbocycles. The zero-order valence-corrected chi connectivity index (χ0v) is 13.3. The van der Waals surface area contributed by atoms with Crippen LogP contribution in [0.1, 0.15) is 18.4 Å². The molecule has 1 aromatic rings. The molecule has 0 bridgehead atoms. The second-order valence-electron chi connectivity index (χ2n) is 4.91. The van der Waals surface area contributed by atoms with E-state index in [4.69, 9.17) is 14.2 Å². The summed E-state index contributed by atoms with van der Waals surface area (Å²) in [7, 11) is -0.670. The Balaban J connectivity index is 2.24. The second kappa shape index (κ2) is 6.64. The van der Waals surface area contributed by atoms with Gasteiger partial charge in [-0.05, 0) is 31.9 Å². The summed E-state index contributed by atoms with van der Waals surface area (Å²) in [6.45, 7) is 2.73. The van der Waals surface area contributed by atoms with Crippen LogP contribution in [-0.2, 0) is 14.8 Å². The fourth-order valence-corrected chi connectivity index (χ4v) is 3.71. The second-order valence-corrected chi connectivity index (χ2v) is 6.65. The van der Waals surface area contributed by atoms with Gasteiger partial charge >= 0.3 is 0 Å². The maximum absolute atomic E-state index is 12.4. The van der Waals surface area contributed by atoms with Crippen LogP contribution < -0.4 is 14.2 Å². The average Bonchev–Trinajstić information content (AvgIpc) is 2.98. The predicted octanol–water partition coefficient (Wildman–Crippen LogP) is 1.47. The Labute approximate surface area is 125 Å². The van der Waals surface area contributed by atoms with Crippen molar-refractivity contribution in [2.24, 2.45) is 0 Å². The fourth-order valence-electron chi connectivity index (χ4n) is 2.42. The van der Waals surface area contributed by atoms with Gasteiger partial charge in [-0.1, -0.05) is 0 Å². The van der Waals surface area contributed by atoms with Gasteiger partial charge in [-0.15, -0.1) is 0 Å². The first kappa shape index (κ1) is 16.1. The number of sulfonamides is 1. The highest BCUT2D eigenvalue weighted by Crippen LogP contribution is 2.33. The van der Waals surface area contributed by atoms with Crippen molar-refractivity contribution in [2.75, 3.05) is 27.4 Å². The largest absolute Gasteiger partial charge is 0.496 e. The third-order valence-corrected chi connectivity index (χ3v) is 5.01. The molecule has 1 N–H and O–H groups in total. The topological polar surface area (TPSA) is 73.9 Å². The van der Waals surface area contributed by atoms with Crippen molar-refractivity contribution in [1.29, 1.82) is 0 Å². The van der Waals surface area contributed by atoms with Gasteiger partial charge in [-0.2, -0.15) is 0 Å². The zero-order valence-electron chi connectivity index (χ0n) is 12.5. The third-order valence-electron chi connectivity index (χ3n) is 3.56. The van der Waals surface area contributed by atoms with Gasteiger partial charge in [-0.3, -0.25) is 0 Å². The van der Waals surface area contributed by atoms with Crippen molar-refractivity contribution in [3.8, 4) is 11.5 Å². The van der Waals surface area contributed by atoms with Gasteiger partial charge in [0.25, 0.3) is 0 Å². The van der Waals surface area contributed by atoms with E-state index in [9.17, 15) is 8.42 Å². The highest BCUT2D eigenvalue weighted by molar-refractivity contribution is 7.89. The molecule has 1 aliphatic heterocycles.